The van der Waals surface area contributed by atoms with Crippen LogP contribution < -0.4 is 11.5 Å². The Kier molecular flexibility index (Phi) is 14.4. The maximum absolute atomic E-state index is 9.63. The quantitative estimate of drug-likeness (QED) is 0.160. The SMILES string of the molecule is CCCCCCCCCCCCCC=C[C@@H](O)[C@@H](N)C(=N)N. The van der Waals surface area contributed by atoms with Crippen LogP contribution in [-0.2, 0) is 0 Å². The predicted octanol–water partition coefficient (Wildman–Crippen LogP) is 3.87. The van der Waals surface area contributed by atoms with Crippen molar-refractivity contribution in [3.63, 3.8) is 0 Å². The molecule has 0 radical (unpaired) electrons. The molecule has 0 saturated heterocycles. The Morgan fingerprint density at radius 2 is 1.41 bits per heavy atom. The molecule has 4 heteroatoms. The molecule has 0 saturated carbocycles. The Labute approximate surface area is 136 Å². The van der Waals surface area contributed by atoms with Crippen molar-refractivity contribution in [1.29, 1.82) is 5.41 Å². The summed E-state index contributed by atoms with van der Waals surface area (Å²) in [6.07, 6.45) is 18.4. The Balaban J connectivity index is 3.31. The molecule has 0 aromatic heterocycles. The van der Waals surface area contributed by atoms with Gasteiger partial charge in [-0.3, -0.25) is 5.41 Å². The highest BCUT2D eigenvalue weighted by Gasteiger charge is 2.13. The molecular formula is C18H37N3O. The van der Waals surface area contributed by atoms with Crippen molar-refractivity contribution in [3.05, 3.63) is 12.2 Å². The number of amidine groups is 1. The van der Waals surface area contributed by atoms with Crippen molar-refractivity contribution >= 4 is 5.84 Å². The average Bonchev–Trinajstić information content (AvgIpc) is 2.50. The largest absolute Gasteiger partial charge is 0.387 e. The lowest BCUT2D eigenvalue weighted by Crippen LogP contribution is -2.44. The lowest BCUT2D eigenvalue weighted by molar-refractivity contribution is 0.213. The Morgan fingerprint density at radius 1 is 0.955 bits per heavy atom. The highest BCUT2D eigenvalue weighted by atomic mass is 16.3. The molecule has 0 fully saturated rings. The first kappa shape index (κ1) is 21.1. The maximum atomic E-state index is 9.63. The molecule has 6 N–H and O–H groups in total. The topological polar surface area (TPSA) is 96.1 Å². The number of nitrogens with two attached hydrogens (primary N) is 2. The molecule has 22 heavy (non-hydrogen) atoms. The summed E-state index contributed by atoms with van der Waals surface area (Å²) < 4.78 is 0. The van der Waals surface area contributed by atoms with E-state index in [9.17, 15) is 5.11 Å². The monoisotopic (exact) mass is 311 g/mol. The first-order chi connectivity index (χ1) is 10.6. The maximum Gasteiger partial charge on any atom is 0.111 e. The minimum Gasteiger partial charge on any atom is -0.387 e. The Bertz CT molecular complexity index is 292. The van der Waals surface area contributed by atoms with E-state index in [4.69, 9.17) is 16.9 Å². The molecule has 0 aliphatic carbocycles. The molecule has 0 aromatic carbocycles. The molecule has 0 bridgehead atoms. The van der Waals surface area contributed by atoms with Crippen LogP contribution in [0.15, 0.2) is 12.2 Å². The van der Waals surface area contributed by atoms with E-state index in [1.54, 1.807) is 6.08 Å². The van der Waals surface area contributed by atoms with Crippen LogP contribution in [0.3, 0.4) is 0 Å². The molecule has 0 aliphatic rings. The number of aliphatic hydroxyl groups excluding tert-OH is 1. The Hall–Kier alpha value is -0.870. The fourth-order valence-electron chi connectivity index (χ4n) is 2.47. The molecule has 0 heterocycles. The zero-order chi connectivity index (χ0) is 16.6. The van der Waals surface area contributed by atoms with Crippen LogP contribution in [0, 0.1) is 5.41 Å². The second kappa shape index (κ2) is 15.0. The van der Waals surface area contributed by atoms with E-state index in [0.717, 1.165) is 12.8 Å². The number of rotatable bonds is 15. The normalized spacial score (nSPS) is 14.3. The Morgan fingerprint density at radius 3 is 1.86 bits per heavy atom. The van der Waals surface area contributed by atoms with Crippen molar-refractivity contribution in [3.8, 4) is 0 Å². The molecule has 2 atom stereocenters. The van der Waals surface area contributed by atoms with Crippen LogP contribution in [0.1, 0.15) is 84.0 Å². The molecule has 4 nitrogen and oxygen atoms in total. The fourth-order valence-corrected chi connectivity index (χ4v) is 2.47. The number of nitrogens with one attached hydrogen (secondary N) is 1. The highest BCUT2D eigenvalue weighted by molar-refractivity contribution is 5.83. The van der Waals surface area contributed by atoms with Gasteiger partial charge >= 0.3 is 0 Å². The third kappa shape index (κ3) is 12.8. The third-order valence-corrected chi connectivity index (χ3v) is 4.03. The van der Waals surface area contributed by atoms with Gasteiger partial charge in [-0.05, 0) is 12.8 Å². The minimum absolute atomic E-state index is 0.174. The van der Waals surface area contributed by atoms with Gasteiger partial charge in [0, 0.05) is 0 Å². The average molecular weight is 312 g/mol. The number of unbranched alkanes of at least 4 members (excludes halogenated alkanes) is 11. The van der Waals surface area contributed by atoms with Crippen LogP contribution in [0.4, 0.5) is 0 Å². The molecular weight excluding hydrogens is 274 g/mol. The first-order valence-electron chi connectivity index (χ1n) is 9.03. The summed E-state index contributed by atoms with van der Waals surface area (Å²) in [7, 11) is 0. The molecule has 130 valence electrons. The summed E-state index contributed by atoms with van der Waals surface area (Å²) in [6, 6.07) is -0.784. The van der Waals surface area contributed by atoms with Crippen LogP contribution in [-0.4, -0.2) is 23.1 Å². The van der Waals surface area contributed by atoms with E-state index in [0.29, 0.717) is 0 Å². The predicted molar refractivity (Wildman–Crippen MR) is 96.1 cm³/mol. The summed E-state index contributed by atoms with van der Waals surface area (Å²) in [6.45, 7) is 2.26. The van der Waals surface area contributed by atoms with E-state index in [1.165, 1.54) is 64.2 Å². The van der Waals surface area contributed by atoms with Gasteiger partial charge < -0.3 is 16.6 Å². The minimum atomic E-state index is -0.842. The van der Waals surface area contributed by atoms with Gasteiger partial charge in [-0.1, -0.05) is 83.3 Å². The van der Waals surface area contributed by atoms with Gasteiger partial charge in [-0.25, -0.2) is 0 Å². The zero-order valence-electron chi connectivity index (χ0n) is 14.4. The van der Waals surface area contributed by atoms with Crippen molar-refractivity contribution < 1.29 is 5.11 Å². The van der Waals surface area contributed by atoms with Gasteiger partial charge in [0.25, 0.3) is 0 Å². The van der Waals surface area contributed by atoms with Crippen molar-refractivity contribution in [1.82, 2.24) is 0 Å². The van der Waals surface area contributed by atoms with E-state index in [2.05, 4.69) is 6.92 Å². The van der Waals surface area contributed by atoms with Gasteiger partial charge in [-0.15, -0.1) is 0 Å². The molecule has 0 rings (SSSR count). The summed E-state index contributed by atoms with van der Waals surface area (Å²) in [5.74, 6) is -0.174. The van der Waals surface area contributed by atoms with Gasteiger partial charge in [0.2, 0.25) is 0 Å². The zero-order valence-corrected chi connectivity index (χ0v) is 14.4. The highest BCUT2D eigenvalue weighted by Crippen LogP contribution is 2.12. The van der Waals surface area contributed by atoms with Gasteiger partial charge in [0.1, 0.15) is 5.84 Å². The number of aliphatic hydroxyl groups is 1. The fraction of sp³-hybridized carbons (Fsp3) is 0.833. The van der Waals surface area contributed by atoms with Gasteiger partial charge in [0.15, 0.2) is 0 Å². The van der Waals surface area contributed by atoms with Crippen molar-refractivity contribution in [2.45, 2.75) is 96.1 Å². The molecule has 0 aliphatic heterocycles. The summed E-state index contributed by atoms with van der Waals surface area (Å²) in [5.41, 5.74) is 10.8. The van der Waals surface area contributed by atoms with Gasteiger partial charge in [0.05, 0.1) is 12.1 Å². The first-order valence-corrected chi connectivity index (χ1v) is 9.03. The van der Waals surface area contributed by atoms with Crippen molar-refractivity contribution in [2.75, 3.05) is 0 Å². The molecule has 0 amide bonds. The number of allylic oxidation sites excluding steroid dienone is 1. The number of hydrogen-bond donors (Lipinski definition) is 4. The van der Waals surface area contributed by atoms with Gasteiger partial charge in [-0.2, -0.15) is 0 Å². The van der Waals surface area contributed by atoms with Crippen LogP contribution >= 0.6 is 0 Å². The second-order valence-corrected chi connectivity index (χ2v) is 6.22. The molecule has 0 spiro atoms. The molecule has 0 unspecified atom stereocenters. The van der Waals surface area contributed by atoms with E-state index in [1.807, 2.05) is 6.08 Å². The smallest absolute Gasteiger partial charge is 0.111 e. The van der Waals surface area contributed by atoms with E-state index < -0.39 is 12.1 Å². The van der Waals surface area contributed by atoms with Crippen LogP contribution in [0.5, 0.6) is 0 Å². The van der Waals surface area contributed by atoms with E-state index >= 15 is 0 Å². The second-order valence-electron chi connectivity index (χ2n) is 6.22. The number of hydrogen-bond acceptors (Lipinski definition) is 3. The lowest BCUT2D eigenvalue weighted by atomic mass is 10.0. The van der Waals surface area contributed by atoms with Crippen molar-refractivity contribution in [2.24, 2.45) is 11.5 Å². The molecule has 0 aromatic rings. The van der Waals surface area contributed by atoms with Crippen LogP contribution in [0.25, 0.3) is 0 Å². The summed E-state index contributed by atoms with van der Waals surface area (Å²) >= 11 is 0. The summed E-state index contributed by atoms with van der Waals surface area (Å²) in [4.78, 5) is 0. The van der Waals surface area contributed by atoms with Crippen LogP contribution in [0.2, 0.25) is 0 Å². The van der Waals surface area contributed by atoms with E-state index in [-0.39, 0.29) is 5.84 Å². The third-order valence-electron chi connectivity index (χ3n) is 4.03. The standard InChI is InChI=1S/C18H37N3O/c1-2-3-4-5-6-7-8-9-10-11-12-13-14-15-16(22)17(19)18(20)21/h14-17,22H,2-13,19H2,1H3,(H3,20,21)/t16-,17-/m1/s1. The lowest BCUT2D eigenvalue weighted by Gasteiger charge is -2.13. The summed E-state index contributed by atoms with van der Waals surface area (Å²) in [5, 5.41) is 16.8.